The monoisotopic (exact) mass is 273 g/mol. The number of hydrogen-bond acceptors (Lipinski definition) is 2. The van der Waals surface area contributed by atoms with Crippen LogP contribution in [0.4, 0.5) is 0 Å². The van der Waals surface area contributed by atoms with E-state index in [1.165, 1.54) is 16.7 Å². The molecule has 0 aromatic heterocycles. The van der Waals surface area contributed by atoms with Gasteiger partial charge in [0, 0.05) is 16.5 Å². The lowest BCUT2D eigenvalue weighted by atomic mass is 9.93. The molecule has 0 radical (unpaired) electrons. The third-order valence-electron chi connectivity index (χ3n) is 3.78. The molecule has 19 heavy (non-hydrogen) atoms. The Balaban J connectivity index is 2.23. The van der Waals surface area contributed by atoms with E-state index in [4.69, 9.17) is 22.1 Å². The zero-order valence-corrected chi connectivity index (χ0v) is 11.6. The lowest BCUT2D eigenvalue weighted by Crippen LogP contribution is -2.06. The fraction of sp³-hybridized carbons (Fsp3) is 0.250. The fourth-order valence-corrected chi connectivity index (χ4v) is 3.23. The highest BCUT2D eigenvalue weighted by molar-refractivity contribution is 6.33. The third-order valence-corrected chi connectivity index (χ3v) is 4.10. The fourth-order valence-electron chi connectivity index (χ4n) is 2.94. The van der Waals surface area contributed by atoms with Gasteiger partial charge in [0.1, 0.15) is 5.75 Å². The van der Waals surface area contributed by atoms with Gasteiger partial charge in [-0.05, 0) is 47.9 Å². The van der Waals surface area contributed by atoms with Crippen LogP contribution in [0.2, 0.25) is 5.02 Å². The highest BCUT2D eigenvalue weighted by Gasteiger charge is 2.29. The minimum atomic E-state index is 0.323. The van der Waals surface area contributed by atoms with Crippen molar-refractivity contribution in [2.24, 2.45) is 5.73 Å². The van der Waals surface area contributed by atoms with Crippen molar-refractivity contribution in [1.29, 1.82) is 0 Å². The Hall–Kier alpha value is -1.51. The topological polar surface area (TPSA) is 35.2 Å². The molecule has 1 unspecified atom stereocenters. The quantitative estimate of drug-likeness (QED) is 0.923. The zero-order chi connectivity index (χ0) is 13.4. The predicted octanol–water partition coefficient (Wildman–Crippen LogP) is 3.81. The second-order valence-electron chi connectivity index (χ2n) is 4.79. The van der Waals surface area contributed by atoms with Crippen LogP contribution < -0.4 is 10.5 Å². The molecule has 0 fully saturated rings. The first-order valence-electron chi connectivity index (χ1n) is 6.43. The molecule has 0 saturated heterocycles. The molecule has 0 spiro atoms. The molecule has 1 atom stereocenters. The van der Waals surface area contributed by atoms with Crippen LogP contribution in [0.1, 0.15) is 23.5 Å². The van der Waals surface area contributed by atoms with Crippen LogP contribution in [-0.4, -0.2) is 13.7 Å². The molecule has 3 rings (SSSR count). The van der Waals surface area contributed by atoms with Crippen LogP contribution >= 0.6 is 11.6 Å². The maximum Gasteiger partial charge on any atom is 0.119 e. The summed E-state index contributed by atoms with van der Waals surface area (Å²) in [4.78, 5) is 0. The molecule has 1 aliphatic carbocycles. The third kappa shape index (κ3) is 1.92. The molecule has 0 bridgehead atoms. The van der Waals surface area contributed by atoms with Gasteiger partial charge in [-0.2, -0.15) is 0 Å². The first-order chi connectivity index (χ1) is 9.26. The minimum absolute atomic E-state index is 0.323. The highest BCUT2D eigenvalue weighted by atomic mass is 35.5. The largest absolute Gasteiger partial charge is 0.497 e. The molecule has 0 amide bonds. The molecule has 0 saturated carbocycles. The van der Waals surface area contributed by atoms with Crippen LogP contribution in [0.25, 0.3) is 11.1 Å². The van der Waals surface area contributed by atoms with E-state index in [9.17, 15) is 0 Å². The van der Waals surface area contributed by atoms with Crippen molar-refractivity contribution in [3.05, 3.63) is 52.5 Å². The van der Waals surface area contributed by atoms with Crippen molar-refractivity contribution >= 4 is 11.6 Å². The first-order valence-corrected chi connectivity index (χ1v) is 6.81. The van der Waals surface area contributed by atoms with Crippen LogP contribution in [0.3, 0.4) is 0 Å². The molecule has 0 heterocycles. The molecule has 98 valence electrons. The number of benzene rings is 2. The molecule has 2 aromatic rings. The predicted molar refractivity (Wildman–Crippen MR) is 79.0 cm³/mol. The lowest BCUT2D eigenvalue weighted by Gasteiger charge is -2.12. The number of hydrogen-bond donors (Lipinski definition) is 1. The summed E-state index contributed by atoms with van der Waals surface area (Å²) >= 11 is 6.37. The van der Waals surface area contributed by atoms with Crippen LogP contribution in [0.5, 0.6) is 5.75 Å². The number of methoxy groups -OCH3 is 1. The maximum absolute atomic E-state index is 6.37. The average Bonchev–Trinajstić information content (AvgIpc) is 2.74. The van der Waals surface area contributed by atoms with Crippen molar-refractivity contribution in [1.82, 2.24) is 0 Å². The Morgan fingerprint density at radius 2 is 2.05 bits per heavy atom. The number of nitrogens with two attached hydrogens (primary N) is 1. The second-order valence-corrected chi connectivity index (χ2v) is 5.19. The van der Waals surface area contributed by atoms with E-state index in [-0.39, 0.29) is 0 Å². The van der Waals surface area contributed by atoms with Crippen molar-refractivity contribution in [3.8, 4) is 16.9 Å². The number of ether oxygens (including phenoxy) is 1. The van der Waals surface area contributed by atoms with Crippen LogP contribution in [-0.2, 0) is 0 Å². The van der Waals surface area contributed by atoms with Gasteiger partial charge in [0.05, 0.1) is 7.11 Å². The van der Waals surface area contributed by atoms with Crippen molar-refractivity contribution in [2.45, 2.75) is 12.3 Å². The Labute approximate surface area is 118 Å². The van der Waals surface area contributed by atoms with Crippen LogP contribution in [0, 0.1) is 0 Å². The normalized spacial score (nSPS) is 16.1. The molecule has 2 nitrogen and oxygen atoms in total. The number of rotatable bonds is 3. The van der Waals surface area contributed by atoms with E-state index in [2.05, 4.69) is 18.2 Å². The van der Waals surface area contributed by atoms with Gasteiger partial charge in [-0.15, -0.1) is 0 Å². The summed E-state index contributed by atoms with van der Waals surface area (Å²) in [6.07, 6.45) is 0.924. The van der Waals surface area contributed by atoms with Gasteiger partial charge in [-0.3, -0.25) is 0 Å². The summed E-state index contributed by atoms with van der Waals surface area (Å²) in [6, 6.07) is 12.3. The van der Waals surface area contributed by atoms with Gasteiger partial charge < -0.3 is 10.5 Å². The minimum Gasteiger partial charge on any atom is -0.497 e. The lowest BCUT2D eigenvalue weighted by molar-refractivity contribution is 0.414. The summed E-state index contributed by atoms with van der Waals surface area (Å²) in [6.45, 7) is 0.660. The summed E-state index contributed by atoms with van der Waals surface area (Å²) in [7, 11) is 1.69. The van der Waals surface area contributed by atoms with Gasteiger partial charge in [0.2, 0.25) is 0 Å². The molecule has 2 N–H and O–H groups in total. The van der Waals surface area contributed by atoms with Gasteiger partial charge in [-0.25, -0.2) is 0 Å². The molecular weight excluding hydrogens is 258 g/mol. The molecule has 1 aliphatic rings. The summed E-state index contributed by atoms with van der Waals surface area (Å²) in [5, 5.41) is 0.809. The molecule has 2 aromatic carbocycles. The molecular formula is C16H16ClNO. The van der Waals surface area contributed by atoms with Gasteiger partial charge in [0.15, 0.2) is 0 Å². The number of halogens is 1. The average molecular weight is 274 g/mol. The van der Waals surface area contributed by atoms with Gasteiger partial charge in [-0.1, -0.05) is 29.8 Å². The SMILES string of the molecule is COc1ccc2c(c1)C(CCN)c1cccc(Cl)c1-2. The second kappa shape index (κ2) is 4.87. The Morgan fingerprint density at radius 1 is 1.21 bits per heavy atom. The highest BCUT2D eigenvalue weighted by Crippen LogP contribution is 2.49. The zero-order valence-electron chi connectivity index (χ0n) is 10.8. The first kappa shape index (κ1) is 12.5. The Morgan fingerprint density at radius 3 is 2.79 bits per heavy atom. The Kier molecular flexibility index (Phi) is 3.21. The molecule has 0 aliphatic heterocycles. The summed E-state index contributed by atoms with van der Waals surface area (Å²) < 4.78 is 5.33. The maximum atomic E-state index is 6.37. The number of fused-ring (bicyclic) bond motifs is 3. The van der Waals surface area contributed by atoms with Crippen molar-refractivity contribution in [3.63, 3.8) is 0 Å². The van der Waals surface area contributed by atoms with E-state index in [0.717, 1.165) is 22.8 Å². The van der Waals surface area contributed by atoms with E-state index >= 15 is 0 Å². The smallest absolute Gasteiger partial charge is 0.119 e. The van der Waals surface area contributed by atoms with Crippen molar-refractivity contribution in [2.75, 3.05) is 13.7 Å². The van der Waals surface area contributed by atoms with Gasteiger partial charge >= 0.3 is 0 Å². The Bertz CT molecular complexity index is 624. The van der Waals surface area contributed by atoms with E-state index in [0.29, 0.717) is 12.5 Å². The van der Waals surface area contributed by atoms with E-state index < -0.39 is 0 Å². The molecule has 3 heteroatoms. The summed E-state index contributed by atoms with van der Waals surface area (Å²) in [5.74, 6) is 1.20. The standard InChI is InChI=1S/C16H16ClNO/c1-19-10-5-6-13-14(9-10)11(7-8-18)12-3-2-4-15(17)16(12)13/h2-6,9,11H,7-8,18H2,1H3. The van der Waals surface area contributed by atoms with E-state index in [1.807, 2.05) is 18.2 Å². The van der Waals surface area contributed by atoms with Gasteiger partial charge in [0.25, 0.3) is 0 Å². The summed E-state index contributed by atoms with van der Waals surface area (Å²) in [5.41, 5.74) is 10.7. The van der Waals surface area contributed by atoms with Crippen LogP contribution in [0.15, 0.2) is 36.4 Å². The van der Waals surface area contributed by atoms with E-state index in [1.54, 1.807) is 7.11 Å². The van der Waals surface area contributed by atoms with Crippen molar-refractivity contribution < 1.29 is 4.74 Å².